The molecule has 0 unspecified atom stereocenters. The van der Waals surface area contributed by atoms with Gasteiger partial charge in [-0.15, -0.1) is 11.3 Å². The van der Waals surface area contributed by atoms with Crippen LogP contribution in [0.4, 0.5) is 4.79 Å². The molecule has 106 valence electrons. The molecule has 6 heteroatoms. The predicted octanol–water partition coefficient (Wildman–Crippen LogP) is 2.14. The number of urea groups is 1. The fraction of sp³-hybridized carbons (Fsp3) is 0.538. The Balaban J connectivity index is 2.59. The lowest BCUT2D eigenvalue weighted by atomic mass is 10.0. The summed E-state index contributed by atoms with van der Waals surface area (Å²) in [5.41, 5.74) is -1.21. The molecule has 1 aromatic heterocycles. The number of carbonyl (C=O) groups excluding carboxylic acids is 1. The van der Waals surface area contributed by atoms with Crippen LogP contribution >= 0.6 is 11.3 Å². The minimum absolute atomic E-state index is 0.288. The molecule has 0 atom stereocenters. The molecule has 0 aliphatic rings. The Hall–Kier alpha value is -1.56. The summed E-state index contributed by atoms with van der Waals surface area (Å²) in [4.78, 5) is 27.3. The number of amides is 2. The molecule has 0 saturated carbocycles. The second-order valence-corrected chi connectivity index (χ2v) is 5.99. The van der Waals surface area contributed by atoms with E-state index in [-0.39, 0.29) is 6.03 Å². The first-order valence-corrected chi connectivity index (χ1v) is 6.89. The van der Waals surface area contributed by atoms with E-state index in [9.17, 15) is 9.59 Å². The highest BCUT2D eigenvalue weighted by Crippen LogP contribution is 2.15. The minimum atomic E-state index is -1.21. The first kappa shape index (κ1) is 15.5. The molecule has 0 radical (unpaired) electrons. The Kier molecular flexibility index (Phi) is 4.94. The quantitative estimate of drug-likeness (QED) is 0.901. The van der Waals surface area contributed by atoms with Gasteiger partial charge in [-0.25, -0.2) is 9.59 Å². The van der Waals surface area contributed by atoms with Gasteiger partial charge in [-0.05, 0) is 31.7 Å². The Labute approximate surface area is 117 Å². The maximum absolute atomic E-state index is 12.1. The summed E-state index contributed by atoms with van der Waals surface area (Å²) in [7, 11) is 3.20. The van der Waals surface area contributed by atoms with E-state index in [0.29, 0.717) is 6.54 Å². The third-order valence-corrected chi connectivity index (χ3v) is 4.19. The van der Waals surface area contributed by atoms with E-state index >= 15 is 0 Å². The van der Waals surface area contributed by atoms with Crippen LogP contribution in [-0.4, -0.2) is 53.1 Å². The molecule has 0 bridgehead atoms. The molecule has 1 aromatic rings. The second kappa shape index (κ2) is 6.06. The summed E-state index contributed by atoms with van der Waals surface area (Å²) in [5.74, 6) is -1.02. The summed E-state index contributed by atoms with van der Waals surface area (Å²) >= 11 is 1.65. The molecule has 0 aromatic carbocycles. The normalized spacial score (nSPS) is 11.2. The molecule has 1 rings (SSSR count). The number of thiophene rings is 1. The van der Waals surface area contributed by atoms with Crippen LogP contribution in [0.15, 0.2) is 17.5 Å². The molecular formula is C13H20N2O3S. The zero-order valence-electron chi connectivity index (χ0n) is 11.7. The molecule has 19 heavy (non-hydrogen) atoms. The Morgan fingerprint density at radius 2 is 2.00 bits per heavy atom. The van der Waals surface area contributed by atoms with Crippen molar-refractivity contribution < 1.29 is 14.7 Å². The molecule has 0 aliphatic heterocycles. The van der Waals surface area contributed by atoms with Crippen molar-refractivity contribution in [3.63, 3.8) is 0 Å². The molecule has 1 heterocycles. The van der Waals surface area contributed by atoms with Gasteiger partial charge in [-0.1, -0.05) is 6.07 Å². The standard InChI is InChI=1S/C13H20N2O3S/c1-13(2,11(16)17)15(4)12(18)14(3)8-7-10-6-5-9-19-10/h5-6,9H,7-8H2,1-4H3,(H,16,17). The summed E-state index contributed by atoms with van der Waals surface area (Å²) in [6.07, 6.45) is 0.779. The number of carboxylic acids is 1. The van der Waals surface area contributed by atoms with Crippen molar-refractivity contribution in [2.24, 2.45) is 0 Å². The van der Waals surface area contributed by atoms with Crippen molar-refractivity contribution in [3.8, 4) is 0 Å². The van der Waals surface area contributed by atoms with Crippen molar-refractivity contribution in [3.05, 3.63) is 22.4 Å². The molecule has 0 spiro atoms. The van der Waals surface area contributed by atoms with Crippen molar-refractivity contribution in [1.29, 1.82) is 0 Å². The van der Waals surface area contributed by atoms with Crippen LogP contribution in [0.25, 0.3) is 0 Å². The van der Waals surface area contributed by atoms with Gasteiger partial charge in [0, 0.05) is 25.5 Å². The van der Waals surface area contributed by atoms with Gasteiger partial charge in [-0.2, -0.15) is 0 Å². The fourth-order valence-electron chi connectivity index (χ4n) is 1.47. The highest BCUT2D eigenvalue weighted by molar-refractivity contribution is 7.09. The lowest BCUT2D eigenvalue weighted by molar-refractivity contribution is -0.147. The van der Waals surface area contributed by atoms with Crippen LogP contribution in [0, 0.1) is 0 Å². The van der Waals surface area contributed by atoms with E-state index in [1.54, 1.807) is 23.3 Å². The lowest BCUT2D eigenvalue weighted by Crippen LogP contribution is -2.54. The third-order valence-electron chi connectivity index (χ3n) is 3.25. The number of likely N-dealkylation sites (N-methyl/N-ethyl adjacent to an activating group) is 2. The molecule has 2 amide bonds. The van der Waals surface area contributed by atoms with Gasteiger partial charge in [0.2, 0.25) is 0 Å². The number of carboxylic acid groups (broad SMARTS) is 1. The summed E-state index contributed by atoms with van der Waals surface area (Å²) in [6, 6.07) is 3.71. The van der Waals surface area contributed by atoms with Gasteiger partial charge in [0.1, 0.15) is 5.54 Å². The van der Waals surface area contributed by atoms with Crippen LogP contribution in [0.2, 0.25) is 0 Å². The number of rotatable bonds is 5. The Morgan fingerprint density at radius 3 is 2.47 bits per heavy atom. The van der Waals surface area contributed by atoms with Gasteiger partial charge in [0.15, 0.2) is 0 Å². The van der Waals surface area contributed by atoms with Crippen LogP contribution in [0.5, 0.6) is 0 Å². The highest BCUT2D eigenvalue weighted by Gasteiger charge is 2.36. The smallest absolute Gasteiger partial charge is 0.329 e. The SMILES string of the molecule is CN(CCc1cccs1)C(=O)N(C)C(C)(C)C(=O)O. The van der Waals surface area contributed by atoms with Crippen LogP contribution < -0.4 is 0 Å². The van der Waals surface area contributed by atoms with E-state index in [0.717, 1.165) is 6.42 Å². The van der Waals surface area contributed by atoms with Crippen LogP contribution in [-0.2, 0) is 11.2 Å². The van der Waals surface area contributed by atoms with Gasteiger partial charge in [0.05, 0.1) is 0 Å². The van der Waals surface area contributed by atoms with Gasteiger partial charge in [-0.3, -0.25) is 0 Å². The number of hydrogen-bond donors (Lipinski definition) is 1. The van der Waals surface area contributed by atoms with Gasteiger partial charge >= 0.3 is 12.0 Å². The zero-order chi connectivity index (χ0) is 14.6. The molecule has 0 saturated heterocycles. The van der Waals surface area contributed by atoms with Crippen molar-refractivity contribution in [1.82, 2.24) is 9.80 Å². The number of nitrogens with zero attached hydrogens (tertiary/aromatic N) is 2. The number of aliphatic carboxylic acids is 1. The molecular weight excluding hydrogens is 264 g/mol. The average Bonchev–Trinajstić information content (AvgIpc) is 2.86. The van der Waals surface area contributed by atoms with Crippen molar-refractivity contribution in [2.75, 3.05) is 20.6 Å². The molecule has 1 N–H and O–H groups in total. The first-order chi connectivity index (χ1) is 8.76. The first-order valence-electron chi connectivity index (χ1n) is 6.01. The minimum Gasteiger partial charge on any atom is -0.480 e. The summed E-state index contributed by atoms with van der Waals surface area (Å²) < 4.78 is 0. The number of carbonyl (C=O) groups is 2. The third kappa shape index (κ3) is 3.70. The molecule has 5 nitrogen and oxygen atoms in total. The molecule has 0 aliphatic carbocycles. The zero-order valence-corrected chi connectivity index (χ0v) is 12.5. The van der Waals surface area contributed by atoms with Gasteiger partial charge < -0.3 is 14.9 Å². The van der Waals surface area contributed by atoms with E-state index < -0.39 is 11.5 Å². The van der Waals surface area contributed by atoms with Crippen LogP contribution in [0.3, 0.4) is 0 Å². The van der Waals surface area contributed by atoms with Gasteiger partial charge in [0.25, 0.3) is 0 Å². The summed E-state index contributed by atoms with van der Waals surface area (Å²) in [5, 5.41) is 11.1. The topological polar surface area (TPSA) is 60.9 Å². The van der Waals surface area contributed by atoms with Crippen molar-refractivity contribution in [2.45, 2.75) is 25.8 Å². The van der Waals surface area contributed by atoms with E-state index in [4.69, 9.17) is 5.11 Å². The van der Waals surface area contributed by atoms with E-state index in [2.05, 4.69) is 0 Å². The largest absolute Gasteiger partial charge is 0.480 e. The number of hydrogen-bond acceptors (Lipinski definition) is 3. The monoisotopic (exact) mass is 284 g/mol. The summed E-state index contributed by atoms with van der Waals surface area (Å²) in [6.45, 7) is 3.60. The maximum atomic E-state index is 12.1. The second-order valence-electron chi connectivity index (χ2n) is 4.96. The van der Waals surface area contributed by atoms with E-state index in [1.807, 2.05) is 17.5 Å². The predicted molar refractivity (Wildman–Crippen MR) is 75.5 cm³/mol. The van der Waals surface area contributed by atoms with Crippen molar-refractivity contribution >= 4 is 23.3 Å². The van der Waals surface area contributed by atoms with E-state index in [1.165, 1.54) is 30.7 Å². The maximum Gasteiger partial charge on any atom is 0.329 e. The lowest BCUT2D eigenvalue weighted by Gasteiger charge is -2.34. The Morgan fingerprint density at radius 1 is 1.37 bits per heavy atom. The highest BCUT2D eigenvalue weighted by atomic mass is 32.1. The molecule has 0 fully saturated rings. The fourth-order valence-corrected chi connectivity index (χ4v) is 2.17. The Bertz CT molecular complexity index is 443. The van der Waals surface area contributed by atoms with Crippen LogP contribution in [0.1, 0.15) is 18.7 Å². The average molecular weight is 284 g/mol.